The quantitative estimate of drug-likeness (QED) is 0.574. The molecule has 0 radical (unpaired) electrons. The summed E-state index contributed by atoms with van der Waals surface area (Å²) in [5.74, 6) is -0.589. The number of rotatable bonds is 3. The lowest BCUT2D eigenvalue weighted by molar-refractivity contribution is -0.147. The van der Waals surface area contributed by atoms with Gasteiger partial charge in [0.2, 0.25) is 17.7 Å². The number of benzene rings is 1. The zero-order valence-electron chi connectivity index (χ0n) is 15.5. The maximum absolute atomic E-state index is 12.8. The van der Waals surface area contributed by atoms with E-state index in [1.165, 1.54) is 4.90 Å². The Labute approximate surface area is 168 Å². The summed E-state index contributed by atoms with van der Waals surface area (Å²) in [5, 5.41) is 0.691. The van der Waals surface area contributed by atoms with Crippen molar-refractivity contribution in [3.05, 3.63) is 41.4 Å². The molecule has 28 heavy (non-hydrogen) atoms. The van der Waals surface area contributed by atoms with Crippen LogP contribution in [0.15, 0.2) is 36.4 Å². The van der Waals surface area contributed by atoms with Crippen molar-refractivity contribution < 1.29 is 14.4 Å². The van der Waals surface area contributed by atoms with Crippen LogP contribution in [0.2, 0.25) is 5.02 Å². The van der Waals surface area contributed by atoms with Gasteiger partial charge in [-0.3, -0.25) is 19.3 Å². The molecule has 2 saturated heterocycles. The third-order valence-corrected chi connectivity index (χ3v) is 6.90. The van der Waals surface area contributed by atoms with Gasteiger partial charge in [-0.25, -0.2) is 0 Å². The van der Waals surface area contributed by atoms with Gasteiger partial charge in [-0.05, 0) is 36.5 Å². The normalized spacial score (nSPS) is 31.1. The molecule has 3 amide bonds. The average molecular weight is 400 g/mol. The van der Waals surface area contributed by atoms with Crippen LogP contribution in [0, 0.1) is 23.7 Å². The smallest absolute Gasteiger partial charge is 0.242 e. The largest absolute Gasteiger partial charge is 0.368 e. The van der Waals surface area contributed by atoms with Crippen molar-refractivity contribution in [1.82, 2.24) is 9.80 Å². The summed E-state index contributed by atoms with van der Waals surface area (Å²) in [6.45, 7) is 2.42. The molecule has 0 N–H and O–H groups in total. The van der Waals surface area contributed by atoms with Crippen LogP contribution in [0.3, 0.4) is 0 Å². The fourth-order valence-electron chi connectivity index (χ4n) is 5.24. The minimum absolute atomic E-state index is 0.124. The standard InChI is InChI=1S/C21H22ClN3O3/c22-15-2-1-3-16(11-15)23-6-8-24(9-7-23)17(26)12-25-20(27)18-13-4-5-14(10-13)19(18)21(25)28/h1-5,11,13-14,18-19H,6-10,12H2/t13-,14-,18-,19-/m0/s1. The van der Waals surface area contributed by atoms with Crippen molar-refractivity contribution in [2.24, 2.45) is 23.7 Å². The van der Waals surface area contributed by atoms with E-state index in [1.54, 1.807) is 4.90 Å². The summed E-state index contributed by atoms with van der Waals surface area (Å²) < 4.78 is 0. The van der Waals surface area contributed by atoms with Gasteiger partial charge in [0.1, 0.15) is 6.54 Å². The number of imide groups is 1. The minimum atomic E-state index is -0.241. The molecule has 4 atom stereocenters. The van der Waals surface area contributed by atoms with E-state index in [1.807, 2.05) is 24.3 Å². The summed E-state index contributed by atoms with van der Waals surface area (Å²) in [6.07, 6.45) is 5.04. The van der Waals surface area contributed by atoms with Gasteiger partial charge in [-0.15, -0.1) is 0 Å². The Morgan fingerprint density at radius 2 is 1.64 bits per heavy atom. The van der Waals surface area contributed by atoms with Gasteiger partial charge in [0.15, 0.2) is 0 Å². The van der Waals surface area contributed by atoms with Gasteiger partial charge in [-0.1, -0.05) is 29.8 Å². The highest BCUT2D eigenvalue weighted by Gasteiger charge is 2.59. The maximum Gasteiger partial charge on any atom is 0.242 e. The van der Waals surface area contributed by atoms with Gasteiger partial charge in [0.25, 0.3) is 0 Å². The number of carbonyl (C=O) groups is 3. The van der Waals surface area contributed by atoms with Crippen LogP contribution in [0.25, 0.3) is 0 Å². The van der Waals surface area contributed by atoms with Crippen LogP contribution < -0.4 is 4.90 Å². The molecule has 0 aromatic heterocycles. The van der Waals surface area contributed by atoms with Crippen LogP contribution in [0.4, 0.5) is 5.69 Å². The summed E-state index contributed by atoms with van der Waals surface area (Å²) in [6, 6.07) is 7.68. The second-order valence-electron chi connectivity index (χ2n) is 8.11. The average Bonchev–Trinajstić information content (AvgIpc) is 3.38. The van der Waals surface area contributed by atoms with Gasteiger partial charge in [0.05, 0.1) is 11.8 Å². The summed E-state index contributed by atoms with van der Waals surface area (Å²) in [4.78, 5) is 43.4. The summed E-state index contributed by atoms with van der Waals surface area (Å²) in [7, 11) is 0. The van der Waals surface area contributed by atoms with Crippen LogP contribution >= 0.6 is 11.6 Å². The SMILES string of the molecule is O=C(CN1C(=O)[C@@H]2[C@@H](C1=O)[C@H]1C=C[C@H]2C1)N1CCN(c2cccc(Cl)c2)CC1. The van der Waals surface area contributed by atoms with E-state index in [0.29, 0.717) is 31.2 Å². The van der Waals surface area contributed by atoms with Gasteiger partial charge in [-0.2, -0.15) is 0 Å². The number of anilines is 1. The molecule has 7 heteroatoms. The van der Waals surface area contributed by atoms with E-state index in [9.17, 15) is 14.4 Å². The molecule has 1 saturated carbocycles. The predicted molar refractivity (Wildman–Crippen MR) is 105 cm³/mol. The van der Waals surface area contributed by atoms with Crippen molar-refractivity contribution in [3.8, 4) is 0 Å². The van der Waals surface area contributed by atoms with Crippen molar-refractivity contribution in [2.45, 2.75) is 6.42 Å². The number of amides is 3. The first-order valence-corrected chi connectivity index (χ1v) is 10.2. The molecule has 2 bridgehead atoms. The lowest BCUT2D eigenvalue weighted by Gasteiger charge is -2.36. The highest BCUT2D eigenvalue weighted by atomic mass is 35.5. The number of halogens is 1. The first-order chi connectivity index (χ1) is 13.5. The molecule has 2 aliphatic carbocycles. The van der Waals surface area contributed by atoms with Crippen LogP contribution in [-0.4, -0.2) is 60.2 Å². The first-order valence-electron chi connectivity index (χ1n) is 9.85. The summed E-state index contributed by atoms with van der Waals surface area (Å²) >= 11 is 6.07. The van der Waals surface area contributed by atoms with Gasteiger partial charge in [0, 0.05) is 36.9 Å². The highest BCUT2D eigenvalue weighted by Crippen LogP contribution is 2.52. The molecule has 4 aliphatic rings. The Hall–Kier alpha value is -2.34. The Kier molecular flexibility index (Phi) is 4.19. The van der Waals surface area contributed by atoms with E-state index in [2.05, 4.69) is 17.1 Å². The molecule has 0 spiro atoms. The molecular weight excluding hydrogens is 378 g/mol. The molecule has 2 heterocycles. The van der Waals surface area contributed by atoms with E-state index >= 15 is 0 Å². The highest BCUT2D eigenvalue weighted by molar-refractivity contribution is 6.30. The van der Waals surface area contributed by atoms with E-state index in [4.69, 9.17) is 11.6 Å². The number of nitrogens with zero attached hydrogens (tertiary/aromatic N) is 3. The van der Waals surface area contributed by atoms with Crippen molar-refractivity contribution in [3.63, 3.8) is 0 Å². The molecule has 1 aromatic rings. The Bertz CT molecular complexity index is 847. The maximum atomic E-state index is 12.8. The third kappa shape index (κ3) is 2.73. The molecule has 1 aromatic carbocycles. The van der Waals surface area contributed by atoms with Crippen molar-refractivity contribution >= 4 is 35.0 Å². The van der Waals surface area contributed by atoms with Crippen LogP contribution in [0.5, 0.6) is 0 Å². The van der Waals surface area contributed by atoms with Crippen LogP contribution in [0.1, 0.15) is 6.42 Å². The zero-order valence-corrected chi connectivity index (χ0v) is 16.2. The van der Waals surface area contributed by atoms with Gasteiger partial charge < -0.3 is 9.80 Å². The zero-order chi connectivity index (χ0) is 19.4. The number of piperazine rings is 1. The predicted octanol–water partition coefficient (Wildman–Crippen LogP) is 1.80. The molecule has 6 nitrogen and oxygen atoms in total. The molecule has 146 valence electrons. The molecule has 0 unspecified atom stereocenters. The first kappa shape index (κ1) is 17.7. The topological polar surface area (TPSA) is 60.9 Å². The summed E-state index contributed by atoms with van der Waals surface area (Å²) in [5.41, 5.74) is 1.04. The lowest BCUT2D eigenvalue weighted by atomic mass is 9.85. The fourth-order valence-corrected chi connectivity index (χ4v) is 5.43. The number of fused-ring (bicyclic) bond motifs is 5. The Morgan fingerprint density at radius 1 is 1.00 bits per heavy atom. The molecule has 5 rings (SSSR count). The van der Waals surface area contributed by atoms with Gasteiger partial charge >= 0.3 is 0 Å². The number of likely N-dealkylation sites (tertiary alicyclic amines) is 1. The second-order valence-corrected chi connectivity index (χ2v) is 8.55. The minimum Gasteiger partial charge on any atom is -0.368 e. The number of hydrogen-bond acceptors (Lipinski definition) is 4. The Morgan fingerprint density at radius 3 is 2.25 bits per heavy atom. The van der Waals surface area contributed by atoms with E-state index < -0.39 is 0 Å². The molecular formula is C21H22ClN3O3. The fraction of sp³-hybridized carbons (Fsp3) is 0.476. The van der Waals surface area contributed by atoms with Crippen molar-refractivity contribution in [1.29, 1.82) is 0 Å². The number of carbonyl (C=O) groups excluding carboxylic acids is 3. The monoisotopic (exact) mass is 399 g/mol. The lowest BCUT2D eigenvalue weighted by Crippen LogP contribution is -2.52. The molecule has 3 fully saturated rings. The molecule has 2 aliphatic heterocycles. The number of hydrogen-bond donors (Lipinski definition) is 0. The van der Waals surface area contributed by atoms with E-state index in [0.717, 1.165) is 12.1 Å². The third-order valence-electron chi connectivity index (χ3n) is 6.66. The van der Waals surface area contributed by atoms with Crippen molar-refractivity contribution in [2.75, 3.05) is 37.6 Å². The second kappa shape index (κ2) is 6.62. The van der Waals surface area contributed by atoms with Crippen LogP contribution in [-0.2, 0) is 14.4 Å². The number of allylic oxidation sites excluding steroid dienone is 2. The van der Waals surface area contributed by atoms with E-state index in [-0.39, 0.29) is 47.9 Å². The Balaban J connectivity index is 1.20.